The molecule has 2 unspecified atom stereocenters. The van der Waals surface area contributed by atoms with Crippen LogP contribution in [-0.2, 0) is 9.59 Å². The Morgan fingerprint density at radius 1 is 1.64 bits per heavy atom. The zero-order valence-corrected chi connectivity index (χ0v) is 7.86. The molecule has 0 rings (SSSR count). The number of carbonyl (C=O) groups is 2. The molecule has 0 aliphatic carbocycles. The standard InChI is InChI=1S/C8H13N3O3/c1-2-5(3-9)8(14)11-4-6(12)7(10)13/h5-6,12H,2,4H2,1H3,(H2,10,13)(H,11,14). The van der Waals surface area contributed by atoms with Gasteiger partial charge in [0.1, 0.15) is 12.0 Å². The van der Waals surface area contributed by atoms with E-state index in [4.69, 9.17) is 16.1 Å². The second-order valence-corrected chi connectivity index (χ2v) is 2.75. The van der Waals surface area contributed by atoms with Gasteiger partial charge >= 0.3 is 0 Å². The Kier molecular flexibility index (Phi) is 5.26. The molecule has 0 bridgehead atoms. The number of rotatable bonds is 5. The second-order valence-electron chi connectivity index (χ2n) is 2.75. The number of carbonyl (C=O) groups excluding carboxylic acids is 2. The predicted molar refractivity (Wildman–Crippen MR) is 47.6 cm³/mol. The average molecular weight is 199 g/mol. The quantitative estimate of drug-likeness (QED) is 0.499. The maximum Gasteiger partial charge on any atom is 0.248 e. The fraction of sp³-hybridized carbons (Fsp3) is 0.625. The first kappa shape index (κ1) is 12.4. The summed E-state index contributed by atoms with van der Waals surface area (Å²) in [5, 5.41) is 19.7. The minimum Gasteiger partial charge on any atom is -0.381 e. The molecule has 6 nitrogen and oxygen atoms in total. The minimum absolute atomic E-state index is 0.258. The summed E-state index contributed by atoms with van der Waals surface area (Å²) in [4.78, 5) is 21.5. The zero-order chi connectivity index (χ0) is 11.1. The van der Waals surface area contributed by atoms with E-state index in [9.17, 15) is 9.59 Å². The number of hydrogen-bond acceptors (Lipinski definition) is 4. The van der Waals surface area contributed by atoms with Gasteiger partial charge in [-0.05, 0) is 6.42 Å². The van der Waals surface area contributed by atoms with Gasteiger partial charge in [-0.1, -0.05) is 6.92 Å². The van der Waals surface area contributed by atoms with Crippen molar-refractivity contribution in [2.45, 2.75) is 19.4 Å². The SMILES string of the molecule is CCC(C#N)C(=O)NCC(O)C(N)=O. The van der Waals surface area contributed by atoms with Crippen molar-refractivity contribution in [2.24, 2.45) is 11.7 Å². The number of nitrogens with zero attached hydrogens (tertiary/aromatic N) is 1. The van der Waals surface area contributed by atoms with Crippen molar-refractivity contribution >= 4 is 11.8 Å². The molecule has 4 N–H and O–H groups in total. The van der Waals surface area contributed by atoms with Crippen molar-refractivity contribution < 1.29 is 14.7 Å². The van der Waals surface area contributed by atoms with Crippen molar-refractivity contribution in [3.63, 3.8) is 0 Å². The van der Waals surface area contributed by atoms with E-state index in [0.29, 0.717) is 6.42 Å². The van der Waals surface area contributed by atoms with Crippen molar-refractivity contribution in [3.8, 4) is 6.07 Å². The molecule has 0 aliphatic heterocycles. The van der Waals surface area contributed by atoms with E-state index in [0.717, 1.165) is 0 Å². The van der Waals surface area contributed by atoms with Crippen LogP contribution in [0.3, 0.4) is 0 Å². The van der Waals surface area contributed by atoms with Crippen molar-refractivity contribution in [2.75, 3.05) is 6.54 Å². The van der Waals surface area contributed by atoms with Crippen LogP contribution in [-0.4, -0.2) is 29.6 Å². The Morgan fingerprint density at radius 2 is 2.21 bits per heavy atom. The second kappa shape index (κ2) is 5.94. The topological polar surface area (TPSA) is 116 Å². The summed E-state index contributed by atoms with van der Waals surface area (Å²) in [5.74, 6) is -2.17. The molecule has 0 saturated carbocycles. The minimum atomic E-state index is -1.41. The van der Waals surface area contributed by atoms with E-state index in [1.165, 1.54) is 0 Å². The lowest BCUT2D eigenvalue weighted by Crippen LogP contribution is -2.41. The van der Waals surface area contributed by atoms with Crippen LogP contribution in [0, 0.1) is 17.2 Å². The number of aliphatic hydroxyl groups is 1. The average Bonchev–Trinajstić information content (AvgIpc) is 2.15. The molecule has 0 radical (unpaired) electrons. The molecule has 2 amide bonds. The molecule has 0 saturated heterocycles. The first-order valence-corrected chi connectivity index (χ1v) is 4.17. The predicted octanol–water partition coefficient (Wildman–Crippen LogP) is -1.50. The molecule has 6 heteroatoms. The lowest BCUT2D eigenvalue weighted by atomic mass is 10.1. The number of amides is 2. The summed E-state index contributed by atoms with van der Waals surface area (Å²) in [7, 11) is 0. The van der Waals surface area contributed by atoms with Crippen molar-refractivity contribution in [1.29, 1.82) is 5.26 Å². The van der Waals surface area contributed by atoms with E-state index in [-0.39, 0.29) is 6.54 Å². The summed E-state index contributed by atoms with van der Waals surface area (Å²) in [6.45, 7) is 1.43. The van der Waals surface area contributed by atoms with Gasteiger partial charge in [0, 0.05) is 0 Å². The maximum absolute atomic E-state index is 11.1. The van der Waals surface area contributed by atoms with Crippen LogP contribution in [0.1, 0.15) is 13.3 Å². The van der Waals surface area contributed by atoms with Gasteiger partial charge in [0.15, 0.2) is 0 Å². The van der Waals surface area contributed by atoms with E-state index in [1.807, 2.05) is 0 Å². The molecule has 0 spiro atoms. The van der Waals surface area contributed by atoms with Crippen LogP contribution in [0.15, 0.2) is 0 Å². The van der Waals surface area contributed by atoms with Gasteiger partial charge in [0.2, 0.25) is 11.8 Å². The molecule has 0 aromatic heterocycles. The van der Waals surface area contributed by atoms with Crippen LogP contribution in [0.2, 0.25) is 0 Å². The van der Waals surface area contributed by atoms with E-state index < -0.39 is 23.8 Å². The molecule has 0 heterocycles. The van der Waals surface area contributed by atoms with Crippen LogP contribution in [0.25, 0.3) is 0 Å². The number of nitriles is 1. The molecule has 0 aromatic rings. The molecule has 2 atom stereocenters. The fourth-order valence-electron chi connectivity index (χ4n) is 0.756. The van der Waals surface area contributed by atoms with Crippen LogP contribution in [0.4, 0.5) is 0 Å². The molecule has 78 valence electrons. The third kappa shape index (κ3) is 3.87. The Morgan fingerprint density at radius 3 is 2.57 bits per heavy atom. The molecule has 0 aliphatic rings. The Hall–Kier alpha value is -1.61. The monoisotopic (exact) mass is 199 g/mol. The summed E-state index contributed by atoms with van der Waals surface area (Å²) in [5.41, 5.74) is 4.76. The Bertz CT molecular complexity index is 259. The van der Waals surface area contributed by atoms with Gasteiger partial charge in [-0.25, -0.2) is 0 Å². The number of nitrogens with one attached hydrogen (secondary N) is 1. The van der Waals surface area contributed by atoms with Crippen molar-refractivity contribution in [1.82, 2.24) is 5.32 Å². The molecule has 0 fully saturated rings. The van der Waals surface area contributed by atoms with Gasteiger partial charge in [-0.2, -0.15) is 5.26 Å². The summed E-state index contributed by atoms with van der Waals surface area (Å²) < 4.78 is 0. The first-order valence-electron chi connectivity index (χ1n) is 4.17. The van der Waals surface area contributed by atoms with E-state index in [1.54, 1.807) is 13.0 Å². The summed E-state index contributed by atoms with van der Waals surface area (Å²) in [6, 6.07) is 1.79. The zero-order valence-electron chi connectivity index (χ0n) is 7.86. The van der Waals surface area contributed by atoms with Crippen LogP contribution >= 0.6 is 0 Å². The molecule has 0 aromatic carbocycles. The lowest BCUT2D eigenvalue weighted by Gasteiger charge is -2.10. The van der Waals surface area contributed by atoms with Crippen molar-refractivity contribution in [3.05, 3.63) is 0 Å². The van der Waals surface area contributed by atoms with Gasteiger partial charge in [-0.3, -0.25) is 9.59 Å². The number of primary amides is 1. The van der Waals surface area contributed by atoms with Crippen LogP contribution in [0.5, 0.6) is 0 Å². The lowest BCUT2D eigenvalue weighted by molar-refractivity contribution is -0.127. The highest BCUT2D eigenvalue weighted by atomic mass is 16.3. The highest BCUT2D eigenvalue weighted by Crippen LogP contribution is 1.99. The summed E-state index contributed by atoms with van der Waals surface area (Å²) >= 11 is 0. The van der Waals surface area contributed by atoms with Crippen LogP contribution < -0.4 is 11.1 Å². The van der Waals surface area contributed by atoms with E-state index in [2.05, 4.69) is 5.32 Å². The smallest absolute Gasteiger partial charge is 0.248 e. The van der Waals surface area contributed by atoms with Gasteiger partial charge in [-0.15, -0.1) is 0 Å². The van der Waals surface area contributed by atoms with Gasteiger partial charge in [0.25, 0.3) is 0 Å². The van der Waals surface area contributed by atoms with Gasteiger partial charge in [0.05, 0.1) is 12.6 Å². The number of nitrogens with two attached hydrogens (primary N) is 1. The first-order chi connectivity index (χ1) is 6.52. The normalized spacial score (nSPS) is 13.8. The fourth-order valence-corrected chi connectivity index (χ4v) is 0.756. The molecule has 14 heavy (non-hydrogen) atoms. The Labute approximate surface area is 81.7 Å². The van der Waals surface area contributed by atoms with E-state index >= 15 is 0 Å². The number of hydrogen-bond donors (Lipinski definition) is 3. The molecular weight excluding hydrogens is 186 g/mol. The third-order valence-electron chi connectivity index (χ3n) is 1.68. The summed E-state index contributed by atoms with van der Waals surface area (Å²) in [6.07, 6.45) is -1.02. The molecular formula is C8H13N3O3. The van der Waals surface area contributed by atoms with Gasteiger partial charge < -0.3 is 16.2 Å². The third-order valence-corrected chi connectivity index (χ3v) is 1.68. The highest BCUT2D eigenvalue weighted by molar-refractivity contribution is 5.83. The largest absolute Gasteiger partial charge is 0.381 e. The highest BCUT2D eigenvalue weighted by Gasteiger charge is 2.17. The maximum atomic E-state index is 11.1. The Balaban J connectivity index is 3.97. The number of aliphatic hydroxyl groups excluding tert-OH is 1.